The molecule has 0 N–H and O–H groups in total. The van der Waals surface area contributed by atoms with Gasteiger partial charge < -0.3 is 18.9 Å². The van der Waals surface area contributed by atoms with Crippen molar-refractivity contribution in [1.29, 1.82) is 0 Å². The number of ether oxygens (including phenoxy) is 4. The summed E-state index contributed by atoms with van der Waals surface area (Å²) < 4.78 is 25.1. The third-order valence-electron chi connectivity index (χ3n) is 8.16. The SMILES string of the molecule is C1CCC(OC2CCCC(OC3CCCC(OCC4CCC5OC5C4)C3)C2)CC1. The average Bonchev–Trinajstić information content (AvgIpc) is 3.53. The van der Waals surface area contributed by atoms with Gasteiger partial charge in [-0.3, -0.25) is 0 Å². The first kappa shape index (κ1) is 20.7. The number of hydrogen-bond acceptors (Lipinski definition) is 4. The van der Waals surface area contributed by atoms with Crippen molar-refractivity contribution < 1.29 is 18.9 Å². The van der Waals surface area contributed by atoms with E-state index in [0.717, 1.165) is 25.4 Å². The molecule has 7 atom stereocenters. The first-order valence-electron chi connectivity index (χ1n) is 12.9. The van der Waals surface area contributed by atoms with Crippen molar-refractivity contribution >= 4 is 0 Å². The lowest BCUT2D eigenvalue weighted by Crippen LogP contribution is -2.37. The minimum atomic E-state index is 0.398. The van der Waals surface area contributed by atoms with Crippen molar-refractivity contribution in [2.45, 2.75) is 145 Å². The minimum Gasteiger partial charge on any atom is -0.378 e. The number of hydrogen-bond donors (Lipinski definition) is 0. The van der Waals surface area contributed by atoms with Gasteiger partial charge in [0.25, 0.3) is 0 Å². The van der Waals surface area contributed by atoms with Crippen LogP contribution in [-0.2, 0) is 18.9 Å². The Bertz CT molecular complexity index is 505. The standard InChI is InChI=1S/C25H42O4/c1-2-6-19(7-3-1)27-22-10-5-11-23(16-22)28-21-9-4-8-20(15-21)26-17-18-12-13-24-25(14-18)29-24/h18-25H,1-17H2. The number of fused-ring (bicyclic) bond motifs is 1. The first-order valence-corrected chi connectivity index (χ1v) is 12.9. The summed E-state index contributed by atoms with van der Waals surface area (Å²) in [4.78, 5) is 0. The third-order valence-corrected chi connectivity index (χ3v) is 8.16. The largest absolute Gasteiger partial charge is 0.378 e. The maximum atomic E-state index is 6.62. The summed E-state index contributed by atoms with van der Waals surface area (Å²) in [7, 11) is 0. The molecule has 4 saturated carbocycles. The summed E-state index contributed by atoms with van der Waals surface area (Å²) in [6, 6.07) is 0. The molecule has 1 heterocycles. The van der Waals surface area contributed by atoms with Gasteiger partial charge >= 0.3 is 0 Å². The molecule has 5 rings (SSSR count). The molecule has 0 radical (unpaired) electrons. The molecule has 4 nitrogen and oxygen atoms in total. The lowest BCUT2D eigenvalue weighted by Gasteiger charge is -2.37. The van der Waals surface area contributed by atoms with Crippen LogP contribution in [0.1, 0.15) is 103 Å². The maximum absolute atomic E-state index is 6.62. The highest BCUT2D eigenvalue weighted by Gasteiger charge is 2.44. The summed E-state index contributed by atoms with van der Waals surface area (Å²) in [5.41, 5.74) is 0. The van der Waals surface area contributed by atoms with Crippen LogP contribution in [0.4, 0.5) is 0 Å². The molecule has 0 aromatic carbocycles. The molecule has 166 valence electrons. The molecule has 0 amide bonds. The highest BCUT2D eigenvalue weighted by Crippen LogP contribution is 2.40. The fraction of sp³-hybridized carbons (Fsp3) is 1.00. The van der Waals surface area contributed by atoms with E-state index in [2.05, 4.69) is 0 Å². The Morgan fingerprint density at radius 2 is 1.14 bits per heavy atom. The van der Waals surface area contributed by atoms with Gasteiger partial charge in [0.15, 0.2) is 0 Å². The Morgan fingerprint density at radius 3 is 1.86 bits per heavy atom. The highest BCUT2D eigenvalue weighted by molar-refractivity contribution is 4.92. The van der Waals surface area contributed by atoms with Gasteiger partial charge in [-0.2, -0.15) is 0 Å². The zero-order valence-corrected chi connectivity index (χ0v) is 18.3. The van der Waals surface area contributed by atoms with E-state index in [0.29, 0.717) is 42.7 Å². The van der Waals surface area contributed by atoms with Crippen LogP contribution in [0.2, 0.25) is 0 Å². The van der Waals surface area contributed by atoms with Gasteiger partial charge in [-0.25, -0.2) is 0 Å². The maximum Gasteiger partial charge on any atom is 0.0845 e. The summed E-state index contributed by atoms with van der Waals surface area (Å²) in [6.45, 7) is 0.935. The van der Waals surface area contributed by atoms with Crippen LogP contribution in [-0.4, -0.2) is 49.3 Å². The van der Waals surface area contributed by atoms with E-state index in [1.165, 1.54) is 89.9 Å². The summed E-state index contributed by atoms with van der Waals surface area (Å²) in [5, 5.41) is 0. The Morgan fingerprint density at radius 1 is 0.517 bits per heavy atom. The molecule has 0 bridgehead atoms. The molecule has 0 aromatic heterocycles. The van der Waals surface area contributed by atoms with E-state index < -0.39 is 0 Å². The van der Waals surface area contributed by atoms with Gasteiger partial charge in [0.2, 0.25) is 0 Å². The molecule has 0 aromatic rings. The number of epoxide rings is 1. The van der Waals surface area contributed by atoms with Gasteiger partial charge in [0, 0.05) is 6.61 Å². The van der Waals surface area contributed by atoms with E-state index in [-0.39, 0.29) is 0 Å². The summed E-state index contributed by atoms with van der Waals surface area (Å²) in [5.74, 6) is 0.719. The first-order chi connectivity index (χ1) is 14.3. The van der Waals surface area contributed by atoms with E-state index >= 15 is 0 Å². The highest BCUT2D eigenvalue weighted by atomic mass is 16.6. The molecule has 4 aliphatic carbocycles. The van der Waals surface area contributed by atoms with Crippen molar-refractivity contribution in [1.82, 2.24) is 0 Å². The Balaban J connectivity index is 1.02. The van der Waals surface area contributed by atoms with E-state index in [1.54, 1.807) is 0 Å². The van der Waals surface area contributed by atoms with Crippen LogP contribution < -0.4 is 0 Å². The Labute approximate surface area is 177 Å². The van der Waals surface area contributed by atoms with Gasteiger partial charge in [-0.05, 0) is 89.4 Å². The van der Waals surface area contributed by atoms with Crippen molar-refractivity contribution in [3.8, 4) is 0 Å². The van der Waals surface area contributed by atoms with E-state index in [9.17, 15) is 0 Å². The fourth-order valence-corrected chi connectivity index (χ4v) is 6.38. The van der Waals surface area contributed by atoms with Crippen molar-refractivity contribution in [3.05, 3.63) is 0 Å². The van der Waals surface area contributed by atoms with Gasteiger partial charge in [0.05, 0.1) is 42.7 Å². The Hall–Kier alpha value is -0.160. The lowest BCUT2D eigenvalue weighted by atomic mass is 9.89. The second kappa shape index (κ2) is 9.97. The molecule has 5 fully saturated rings. The second-order valence-electron chi connectivity index (χ2n) is 10.6. The van der Waals surface area contributed by atoms with E-state index in [4.69, 9.17) is 18.9 Å². The number of rotatable bonds is 7. The predicted octanol–water partition coefficient (Wildman–Crippen LogP) is 5.56. The van der Waals surface area contributed by atoms with Crippen LogP contribution in [0.25, 0.3) is 0 Å². The van der Waals surface area contributed by atoms with Crippen LogP contribution >= 0.6 is 0 Å². The van der Waals surface area contributed by atoms with Crippen LogP contribution in [0.15, 0.2) is 0 Å². The van der Waals surface area contributed by atoms with Crippen LogP contribution in [0.5, 0.6) is 0 Å². The molecule has 29 heavy (non-hydrogen) atoms. The molecular formula is C25H42O4. The molecule has 7 unspecified atom stereocenters. The van der Waals surface area contributed by atoms with Gasteiger partial charge in [0.1, 0.15) is 0 Å². The molecular weight excluding hydrogens is 364 g/mol. The van der Waals surface area contributed by atoms with Crippen molar-refractivity contribution in [2.24, 2.45) is 5.92 Å². The normalized spacial score (nSPS) is 43.7. The van der Waals surface area contributed by atoms with Crippen LogP contribution in [0.3, 0.4) is 0 Å². The second-order valence-corrected chi connectivity index (χ2v) is 10.6. The lowest BCUT2D eigenvalue weighted by molar-refractivity contribution is -0.119. The molecule has 1 aliphatic heterocycles. The van der Waals surface area contributed by atoms with Gasteiger partial charge in [-0.15, -0.1) is 0 Å². The minimum absolute atomic E-state index is 0.398. The van der Waals surface area contributed by atoms with Crippen molar-refractivity contribution in [3.63, 3.8) is 0 Å². The molecule has 4 heteroatoms. The third kappa shape index (κ3) is 5.96. The van der Waals surface area contributed by atoms with E-state index in [1.807, 2.05) is 0 Å². The zero-order chi connectivity index (χ0) is 19.5. The fourth-order valence-electron chi connectivity index (χ4n) is 6.38. The molecule has 0 spiro atoms. The topological polar surface area (TPSA) is 40.2 Å². The summed E-state index contributed by atoms with van der Waals surface area (Å²) in [6.07, 6.45) is 23.4. The quantitative estimate of drug-likeness (QED) is 0.519. The smallest absolute Gasteiger partial charge is 0.0845 e. The molecule has 1 saturated heterocycles. The summed E-state index contributed by atoms with van der Waals surface area (Å²) >= 11 is 0. The van der Waals surface area contributed by atoms with Gasteiger partial charge in [-0.1, -0.05) is 19.3 Å². The Kier molecular flexibility index (Phi) is 7.13. The van der Waals surface area contributed by atoms with Crippen molar-refractivity contribution in [2.75, 3.05) is 6.61 Å². The zero-order valence-electron chi connectivity index (χ0n) is 18.3. The predicted molar refractivity (Wildman–Crippen MR) is 113 cm³/mol. The molecule has 5 aliphatic rings. The monoisotopic (exact) mass is 406 g/mol. The average molecular weight is 407 g/mol. The van der Waals surface area contributed by atoms with Crippen LogP contribution in [0, 0.1) is 5.92 Å².